The van der Waals surface area contributed by atoms with Crippen LogP contribution in [0.25, 0.3) is 11.0 Å². The molecule has 7 nitrogen and oxygen atoms in total. The summed E-state index contributed by atoms with van der Waals surface area (Å²) in [4.78, 5) is 20.0. The molecule has 3 rings (SSSR count). The maximum atomic E-state index is 12.1. The summed E-state index contributed by atoms with van der Waals surface area (Å²) < 4.78 is 5.43. The van der Waals surface area contributed by atoms with Crippen LogP contribution in [0, 0.1) is 0 Å². The molecule has 0 aliphatic rings. The van der Waals surface area contributed by atoms with Crippen LogP contribution < -0.4 is 5.32 Å². The molecule has 24 heavy (non-hydrogen) atoms. The number of carbonyl (C=O) groups excluding carboxylic acids is 1. The predicted octanol–water partition coefficient (Wildman–Crippen LogP) is 0.505. The molecule has 3 aromatic rings. The van der Waals surface area contributed by atoms with Crippen molar-refractivity contribution in [2.24, 2.45) is 0 Å². The summed E-state index contributed by atoms with van der Waals surface area (Å²) in [5.41, 5.74) is 1.50. The van der Waals surface area contributed by atoms with Crippen molar-refractivity contribution >= 4 is 24.0 Å². The second-order valence-corrected chi connectivity index (χ2v) is 5.39. The monoisotopic (exact) mass is 325 g/mol. The van der Waals surface area contributed by atoms with Crippen molar-refractivity contribution in [3.05, 3.63) is 60.4 Å². The SMILES string of the molecule is O=C(Cc1ncccn1)NC(Cc1coc2ccccc12)B(O)O. The van der Waals surface area contributed by atoms with Gasteiger partial charge in [0.05, 0.1) is 18.6 Å². The Morgan fingerprint density at radius 2 is 1.96 bits per heavy atom. The Hall–Kier alpha value is -2.71. The van der Waals surface area contributed by atoms with Crippen molar-refractivity contribution < 1.29 is 19.3 Å². The van der Waals surface area contributed by atoms with Gasteiger partial charge in [-0.3, -0.25) is 4.79 Å². The number of rotatable bonds is 6. The molecule has 1 atom stereocenters. The second-order valence-electron chi connectivity index (χ2n) is 5.39. The van der Waals surface area contributed by atoms with Crippen LogP contribution in [0.5, 0.6) is 0 Å². The zero-order valence-corrected chi connectivity index (χ0v) is 12.8. The molecule has 122 valence electrons. The van der Waals surface area contributed by atoms with Gasteiger partial charge in [-0.05, 0) is 24.1 Å². The first kappa shape index (κ1) is 16.2. The average Bonchev–Trinajstić information content (AvgIpc) is 2.98. The lowest BCUT2D eigenvalue weighted by atomic mass is 9.76. The van der Waals surface area contributed by atoms with Crippen LogP contribution in [0.3, 0.4) is 0 Å². The quantitative estimate of drug-likeness (QED) is 0.570. The van der Waals surface area contributed by atoms with E-state index in [0.29, 0.717) is 11.4 Å². The van der Waals surface area contributed by atoms with Gasteiger partial charge in [0.15, 0.2) is 0 Å². The van der Waals surface area contributed by atoms with Gasteiger partial charge in [-0.25, -0.2) is 9.97 Å². The summed E-state index contributed by atoms with van der Waals surface area (Å²) >= 11 is 0. The summed E-state index contributed by atoms with van der Waals surface area (Å²) in [5, 5.41) is 22.6. The zero-order valence-electron chi connectivity index (χ0n) is 12.8. The number of hydrogen-bond acceptors (Lipinski definition) is 6. The molecule has 3 N–H and O–H groups in total. The van der Waals surface area contributed by atoms with Crippen LogP contribution in [0.4, 0.5) is 0 Å². The Labute approximate surface area is 138 Å². The number of nitrogens with zero attached hydrogens (tertiary/aromatic N) is 2. The highest BCUT2D eigenvalue weighted by Gasteiger charge is 2.27. The van der Waals surface area contributed by atoms with E-state index in [1.165, 1.54) is 0 Å². The zero-order chi connectivity index (χ0) is 16.9. The Morgan fingerprint density at radius 3 is 2.71 bits per heavy atom. The first-order valence-corrected chi connectivity index (χ1v) is 7.50. The number of fused-ring (bicyclic) bond motifs is 1. The number of benzene rings is 1. The van der Waals surface area contributed by atoms with Gasteiger partial charge in [0.1, 0.15) is 11.4 Å². The van der Waals surface area contributed by atoms with E-state index in [-0.39, 0.29) is 18.7 Å². The molecule has 1 unspecified atom stereocenters. The van der Waals surface area contributed by atoms with Gasteiger partial charge in [-0.15, -0.1) is 0 Å². The molecule has 0 bridgehead atoms. The van der Waals surface area contributed by atoms with Crippen LogP contribution >= 0.6 is 0 Å². The Morgan fingerprint density at radius 1 is 1.21 bits per heavy atom. The van der Waals surface area contributed by atoms with Crippen molar-refractivity contribution in [2.45, 2.75) is 18.8 Å². The molecule has 1 amide bonds. The van der Waals surface area contributed by atoms with E-state index < -0.39 is 13.1 Å². The number of aromatic nitrogens is 2. The van der Waals surface area contributed by atoms with E-state index >= 15 is 0 Å². The average molecular weight is 325 g/mol. The van der Waals surface area contributed by atoms with Crippen molar-refractivity contribution in [3.8, 4) is 0 Å². The van der Waals surface area contributed by atoms with Crippen LogP contribution in [0.2, 0.25) is 0 Å². The molecule has 2 heterocycles. The fraction of sp³-hybridized carbons (Fsp3) is 0.188. The third kappa shape index (κ3) is 3.79. The van der Waals surface area contributed by atoms with Gasteiger partial charge in [0.25, 0.3) is 0 Å². The summed E-state index contributed by atoms with van der Waals surface area (Å²) in [5.74, 6) is -0.871. The van der Waals surface area contributed by atoms with Crippen molar-refractivity contribution in [3.63, 3.8) is 0 Å². The first-order chi connectivity index (χ1) is 11.6. The smallest absolute Gasteiger partial charge is 0.464 e. The number of furan rings is 1. The third-order valence-corrected chi connectivity index (χ3v) is 3.65. The highest BCUT2D eigenvalue weighted by Crippen LogP contribution is 2.22. The van der Waals surface area contributed by atoms with E-state index in [1.54, 1.807) is 24.7 Å². The van der Waals surface area contributed by atoms with Gasteiger partial charge in [-0.2, -0.15) is 0 Å². The molecule has 0 saturated heterocycles. The molecular formula is C16H16BN3O4. The van der Waals surface area contributed by atoms with E-state index in [9.17, 15) is 14.8 Å². The van der Waals surface area contributed by atoms with Crippen molar-refractivity contribution in [2.75, 3.05) is 0 Å². The summed E-state index contributed by atoms with van der Waals surface area (Å²) in [6, 6.07) is 9.10. The van der Waals surface area contributed by atoms with Gasteiger partial charge in [-0.1, -0.05) is 18.2 Å². The third-order valence-electron chi connectivity index (χ3n) is 3.65. The Bertz CT molecular complexity index is 822. The highest BCUT2D eigenvalue weighted by atomic mass is 16.4. The molecule has 0 saturated carbocycles. The minimum atomic E-state index is -1.70. The topological polar surface area (TPSA) is 108 Å². The first-order valence-electron chi connectivity index (χ1n) is 7.50. The molecule has 2 aromatic heterocycles. The maximum Gasteiger partial charge on any atom is 0.475 e. The number of hydrogen-bond donors (Lipinski definition) is 3. The van der Waals surface area contributed by atoms with Gasteiger partial charge >= 0.3 is 7.12 Å². The summed E-state index contributed by atoms with van der Waals surface area (Å²) in [6.07, 6.45) is 4.86. The van der Waals surface area contributed by atoms with Crippen molar-refractivity contribution in [1.29, 1.82) is 0 Å². The van der Waals surface area contributed by atoms with E-state index in [1.807, 2.05) is 24.3 Å². The fourth-order valence-corrected chi connectivity index (χ4v) is 2.48. The number of amides is 1. The molecule has 0 aliphatic heterocycles. The van der Waals surface area contributed by atoms with Gasteiger partial charge in [0, 0.05) is 17.8 Å². The summed E-state index contributed by atoms with van der Waals surface area (Å²) in [6.45, 7) is 0. The lowest BCUT2D eigenvalue weighted by Crippen LogP contribution is -2.48. The standard InChI is InChI=1S/C16H16BN3O4/c21-16(9-15-18-6-3-7-19-15)20-14(17(22)23)8-11-10-24-13-5-2-1-4-12(11)13/h1-7,10,14,22-23H,8-9H2,(H,20,21). The fourth-order valence-electron chi connectivity index (χ4n) is 2.48. The molecule has 0 spiro atoms. The molecule has 0 fully saturated rings. The van der Waals surface area contributed by atoms with Crippen LogP contribution in [-0.2, 0) is 17.6 Å². The minimum Gasteiger partial charge on any atom is -0.464 e. The molecule has 0 radical (unpaired) electrons. The minimum absolute atomic E-state index is 0.0316. The largest absolute Gasteiger partial charge is 0.475 e. The lowest BCUT2D eigenvalue weighted by Gasteiger charge is -2.17. The Balaban J connectivity index is 1.70. The predicted molar refractivity (Wildman–Crippen MR) is 87.8 cm³/mol. The van der Waals surface area contributed by atoms with Crippen LogP contribution in [0.15, 0.2) is 53.4 Å². The maximum absolute atomic E-state index is 12.1. The van der Waals surface area contributed by atoms with E-state index in [0.717, 1.165) is 10.9 Å². The van der Waals surface area contributed by atoms with Gasteiger partial charge < -0.3 is 19.8 Å². The number of carbonyl (C=O) groups is 1. The van der Waals surface area contributed by atoms with Crippen LogP contribution in [-0.4, -0.2) is 39.0 Å². The highest BCUT2D eigenvalue weighted by molar-refractivity contribution is 6.43. The van der Waals surface area contributed by atoms with Gasteiger partial charge in [0.2, 0.25) is 5.91 Å². The molecule has 1 aromatic carbocycles. The number of para-hydroxylation sites is 1. The molecule has 8 heteroatoms. The second kappa shape index (κ2) is 7.24. The van der Waals surface area contributed by atoms with Crippen molar-refractivity contribution in [1.82, 2.24) is 15.3 Å². The summed E-state index contributed by atoms with van der Waals surface area (Å²) in [7, 11) is -1.70. The molecule has 0 aliphatic carbocycles. The lowest BCUT2D eigenvalue weighted by molar-refractivity contribution is -0.120. The normalized spacial score (nSPS) is 12.1. The number of nitrogens with one attached hydrogen (secondary N) is 1. The van der Waals surface area contributed by atoms with E-state index in [2.05, 4.69) is 15.3 Å². The van der Waals surface area contributed by atoms with Crippen LogP contribution in [0.1, 0.15) is 11.4 Å². The Kier molecular flexibility index (Phi) is 4.88. The van der Waals surface area contributed by atoms with E-state index in [4.69, 9.17) is 4.42 Å². The molecular weight excluding hydrogens is 309 g/mol.